The predicted molar refractivity (Wildman–Crippen MR) is 416 cm³/mol. The van der Waals surface area contributed by atoms with Crippen LogP contribution < -0.4 is 62.5 Å². The first-order chi connectivity index (χ1) is 54.2. The Hall–Kier alpha value is -8.50. The zero-order valence-electron chi connectivity index (χ0n) is 63.1. The Bertz CT molecular complexity index is 4350. The number of hydrogen-bond donors (Lipinski definition) is 19. The van der Waals surface area contributed by atoms with Gasteiger partial charge in [0.05, 0.1) is 41.3 Å². The van der Waals surface area contributed by atoms with Crippen LogP contribution in [-0.4, -0.2) is 209 Å². The van der Waals surface area contributed by atoms with Crippen molar-refractivity contribution in [2.75, 3.05) is 31.7 Å². The maximum absolute atomic E-state index is 16.2. The molecule has 2 fully saturated rings. The number of aromatic hydroxyl groups is 3. The van der Waals surface area contributed by atoms with Gasteiger partial charge < -0.3 is 128 Å². The van der Waals surface area contributed by atoms with Crippen LogP contribution in [0.1, 0.15) is 157 Å². The van der Waals surface area contributed by atoms with Crippen molar-refractivity contribution in [3.8, 4) is 57.1 Å². The largest absolute Gasteiger partial charge is 0.508 e. The lowest BCUT2D eigenvalue weighted by Crippen LogP contribution is -2.65. The number of aliphatic hydroxyl groups is 6. The minimum atomic E-state index is -2.35. The number of carboxylic acid groups (broad SMARTS) is 1. The van der Waals surface area contributed by atoms with E-state index in [2.05, 4.69) is 49.5 Å². The first-order valence-electron chi connectivity index (χ1n) is 37.4. The zero-order chi connectivity index (χ0) is 82.7. The Morgan fingerprint density at radius 1 is 0.693 bits per heavy atom. The van der Waals surface area contributed by atoms with Gasteiger partial charge in [-0.05, 0) is 129 Å². The molecule has 7 aliphatic heterocycles. The molecule has 0 spiro atoms. The summed E-state index contributed by atoms with van der Waals surface area (Å²) >= 11 is 14.3. The van der Waals surface area contributed by atoms with Gasteiger partial charge in [0.15, 0.2) is 29.9 Å². The van der Waals surface area contributed by atoms with Crippen molar-refractivity contribution >= 4 is 92.1 Å². The highest BCUT2D eigenvalue weighted by Crippen LogP contribution is 2.50. The third-order valence-electron chi connectivity index (χ3n) is 20.3. The fourth-order valence-corrected chi connectivity index (χ4v) is 16.9. The van der Waals surface area contributed by atoms with Crippen LogP contribution in [0.25, 0.3) is 11.1 Å². The predicted octanol–water partition coefficient (Wildman–Crippen LogP) is 4.87. The summed E-state index contributed by atoms with van der Waals surface area (Å²) < 4.78 is 39.4. The smallest absolute Gasteiger partial charge is 0.330 e. The summed E-state index contributed by atoms with van der Waals surface area (Å²) in [5.41, 5.74) is 1.89. The fraction of sp³-hybridized carbons (Fsp3) is 0.506. The van der Waals surface area contributed by atoms with E-state index in [0.717, 1.165) is 84.7 Å². The second-order valence-corrected chi connectivity index (χ2v) is 32.8. The number of phenols is 3. The van der Waals surface area contributed by atoms with Crippen LogP contribution in [0.3, 0.4) is 0 Å². The molecule has 620 valence electrons. The molecule has 0 radical (unpaired) electrons. The molecular formula is C77H97Cl2N9O24S2. The van der Waals surface area contributed by atoms with Gasteiger partial charge in [-0.3, -0.25) is 33.6 Å². The number of aliphatic hydroxyl groups excluding tert-OH is 6. The molecule has 7 amide bonds. The summed E-state index contributed by atoms with van der Waals surface area (Å²) in [7, 11) is 5.04. The van der Waals surface area contributed by atoms with Crippen LogP contribution in [0.4, 0.5) is 0 Å². The van der Waals surface area contributed by atoms with Gasteiger partial charge in [-0.2, -0.15) is 0 Å². The number of aliphatic carboxylic acids is 1. The molecule has 20 N–H and O–H groups in total. The topological polar surface area (TPSA) is 517 Å². The lowest BCUT2D eigenvalue weighted by atomic mass is 9.85. The van der Waals surface area contributed by atoms with E-state index in [1.165, 1.54) is 51.3 Å². The quantitative estimate of drug-likeness (QED) is 0.0259. The van der Waals surface area contributed by atoms with E-state index >= 15 is 14.4 Å². The molecular weight excluding hydrogens is 1570 g/mol. The number of nitrogens with one attached hydrogen (secondary N) is 8. The zero-order valence-corrected chi connectivity index (χ0v) is 66.3. The van der Waals surface area contributed by atoms with Gasteiger partial charge in [0, 0.05) is 46.2 Å². The minimum absolute atomic E-state index is 0.0911. The van der Waals surface area contributed by atoms with Crippen LogP contribution in [0.15, 0.2) is 78.9 Å². The molecule has 0 saturated carbocycles. The standard InChI is InChI=1S/C77H97Cl2N9O24S2/c1-7-8-9-10-11-12-21-113-114-22-13-20-82-77(5)32-55(107-35(4)68(77)98)111-67-65(97)64(96)53(33-89)110-76(67)112-66-51-27-39-28-52(66)109-50-19-16-38(26-44(50)79)63(95)61-74(104)86-59(75(105)106)42-29-40(90)30-48(92)56(42)41-24-36(14-17-47(41)91)57(71(101)88-61)85-72(102)58(39)84-70(100)46(31-54(80)93)83-73(103)60(87-69(99)45(81-6)23-34(2)3)62(94)37-15-18-49(108-51)43(78)25-37/h14-19,24-30,34-35,45-46,53,55,57-65,67-68,76,81-82,89-92,94-98H,7-13,20-23,31-33H2,1-6H3,(H2,80,93)(H,83,103)(H,84,100)(H,85,102)(H,86,104)(H,87,99)(H,88,101)(H,105,106)/t35-,45+,46-,53+,55-,57+,58+,59-,60+,61-,62+,63+,64+,65-,67+,68+,76-,77-/m0/s1. The fourth-order valence-electron chi connectivity index (χ4n) is 14.2. The Balaban J connectivity index is 1.15. The van der Waals surface area contributed by atoms with Crippen LogP contribution in [0.2, 0.25) is 10.0 Å². The number of carbonyl (C=O) groups is 8. The summed E-state index contributed by atoms with van der Waals surface area (Å²) in [5.74, 6) is -14.0. The summed E-state index contributed by atoms with van der Waals surface area (Å²) in [5, 5.41) is 136. The van der Waals surface area contributed by atoms with E-state index in [4.69, 9.17) is 57.4 Å². The lowest BCUT2D eigenvalue weighted by Gasteiger charge is -2.48. The Kier molecular flexibility index (Phi) is 30.0. The van der Waals surface area contributed by atoms with Crippen molar-refractivity contribution in [1.82, 2.24) is 42.5 Å². The number of nitrogens with two attached hydrogens (primary N) is 1. The normalized spacial score (nSPS) is 27.4. The molecule has 7 heterocycles. The molecule has 0 aliphatic carbocycles. The highest BCUT2D eigenvalue weighted by Gasteiger charge is 2.52. The number of ether oxygens (including phenoxy) is 6. The molecule has 2 saturated heterocycles. The number of halogens is 2. The number of carbonyl (C=O) groups excluding carboxylic acids is 7. The summed E-state index contributed by atoms with van der Waals surface area (Å²) in [4.78, 5) is 118. The highest BCUT2D eigenvalue weighted by atomic mass is 35.5. The molecule has 37 heteroatoms. The SMILES string of the molecule is CCCCCCCCSSCCCN[C@@]1(C)C[C@H](O[C@H]2[C@H](Oc3c4cc5cc3Oc3ccc(cc3Cl)[C@@H](O)[C@@H](NC(=O)[C@@H](CC(C)C)NC)C(=O)N[C@@H](CC(N)=O)C(=O)N[C@H]5C(=O)N[C@H]3C(=O)N[C@H](C(=O)N[C@H](C(=O)O)c5cc(O)cc(O)c5-c5cc3ccc5O)[C@H](O)c3ccc(c(Cl)c3)O4)O[C@H](CO)[C@@H](O)[C@@H]2O)O[C@@H](C)[C@H]1O. The van der Waals surface area contributed by atoms with E-state index in [9.17, 15) is 75.0 Å². The van der Waals surface area contributed by atoms with Gasteiger partial charge in [0.2, 0.25) is 53.4 Å². The van der Waals surface area contributed by atoms with Gasteiger partial charge in [0.25, 0.3) is 0 Å². The summed E-state index contributed by atoms with van der Waals surface area (Å²) in [6, 6.07) is -0.427. The van der Waals surface area contributed by atoms with Crippen molar-refractivity contribution in [1.29, 1.82) is 0 Å². The second-order valence-electron chi connectivity index (χ2n) is 29.3. The molecule has 33 nitrogen and oxygen atoms in total. The first kappa shape index (κ1) is 87.9. The number of amides is 7. The minimum Gasteiger partial charge on any atom is -0.508 e. The van der Waals surface area contributed by atoms with Crippen molar-refractivity contribution in [3.63, 3.8) is 0 Å². The van der Waals surface area contributed by atoms with Gasteiger partial charge in [-0.25, -0.2) is 4.79 Å². The van der Waals surface area contributed by atoms with Gasteiger partial charge in [-0.1, -0.05) is 116 Å². The molecule has 0 aromatic heterocycles. The molecule has 7 aliphatic rings. The monoisotopic (exact) mass is 1670 g/mol. The van der Waals surface area contributed by atoms with Crippen LogP contribution in [-0.2, 0) is 52.6 Å². The molecule has 11 bridgehead atoms. The Morgan fingerprint density at radius 3 is 1.93 bits per heavy atom. The average Bonchev–Trinajstić information content (AvgIpc) is 0.771. The maximum atomic E-state index is 16.2. The van der Waals surface area contributed by atoms with Gasteiger partial charge >= 0.3 is 5.97 Å². The number of fused-ring (bicyclic) bond motifs is 15. The Labute approximate surface area is 674 Å². The number of benzene rings is 5. The van der Waals surface area contributed by atoms with E-state index in [1.807, 2.05) is 13.8 Å². The average molecular weight is 1670 g/mol. The highest BCUT2D eigenvalue weighted by molar-refractivity contribution is 8.76. The maximum Gasteiger partial charge on any atom is 0.330 e. The van der Waals surface area contributed by atoms with E-state index < -0.39 is 231 Å². The van der Waals surface area contributed by atoms with Crippen molar-refractivity contribution in [3.05, 3.63) is 117 Å². The van der Waals surface area contributed by atoms with Gasteiger partial charge in [0.1, 0.15) is 89.5 Å². The third kappa shape index (κ3) is 20.8. The van der Waals surface area contributed by atoms with Gasteiger partial charge in [-0.15, -0.1) is 0 Å². The summed E-state index contributed by atoms with van der Waals surface area (Å²) in [6.45, 7) is 8.71. The van der Waals surface area contributed by atoms with Crippen LogP contribution >= 0.6 is 44.8 Å². The molecule has 114 heavy (non-hydrogen) atoms. The van der Waals surface area contributed by atoms with Crippen molar-refractivity contribution in [2.45, 2.75) is 208 Å². The third-order valence-corrected chi connectivity index (χ3v) is 23.5. The van der Waals surface area contributed by atoms with E-state index in [0.29, 0.717) is 13.0 Å². The molecule has 12 rings (SSSR count). The van der Waals surface area contributed by atoms with E-state index in [-0.39, 0.29) is 52.0 Å². The number of primary amides is 1. The van der Waals surface area contributed by atoms with E-state index in [1.54, 1.807) is 35.4 Å². The van der Waals surface area contributed by atoms with Crippen LogP contribution in [0, 0.1) is 5.92 Å². The number of hydrogen-bond acceptors (Lipinski definition) is 27. The van der Waals surface area contributed by atoms with Crippen LogP contribution in [0.5, 0.6) is 46.0 Å². The second kappa shape index (κ2) is 39.0. The molecule has 5 aromatic carbocycles. The first-order valence-corrected chi connectivity index (χ1v) is 40.6. The van der Waals surface area contributed by atoms with Crippen molar-refractivity contribution < 1.29 is 118 Å². The number of unbranched alkanes of at least 4 members (excludes halogenated alkanes) is 5. The number of phenolic OH excluding ortho intramolecular Hbond substituents is 3. The molecule has 5 aromatic rings. The van der Waals surface area contributed by atoms with Crippen molar-refractivity contribution in [2.24, 2.45) is 11.7 Å². The summed E-state index contributed by atoms with van der Waals surface area (Å²) in [6.07, 6.45) is -10.3. The molecule has 0 unspecified atom stereocenters. The molecule has 18 atom stereocenters. The Morgan fingerprint density at radius 2 is 1.31 bits per heavy atom. The number of likely N-dealkylation sites (N-methyl/N-ethyl adjacent to an activating group) is 1. The number of rotatable bonds is 26. The lowest BCUT2D eigenvalue weighted by molar-refractivity contribution is -0.334. The number of carboxylic acids is 1.